The predicted octanol–water partition coefficient (Wildman–Crippen LogP) is 2.34. The lowest BCUT2D eigenvalue weighted by Crippen LogP contribution is -2.36. The van der Waals surface area contributed by atoms with Gasteiger partial charge in [0.2, 0.25) is 5.88 Å². The van der Waals surface area contributed by atoms with Crippen LogP contribution < -0.4 is 15.1 Å². The molecule has 4 heterocycles. The van der Waals surface area contributed by atoms with Crippen LogP contribution in [0, 0.1) is 0 Å². The monoisotopic (exact) mass is 438 g/mol. The molecule has 0 atom stereocenters. The van der Waals surface area contributed by atoms with Gasteiger partial charge in [0.25, 0.3) is 5.91 Å². The highest BCUT2D eigenvalue weighted by Gasteiger charge is 2.25. The molecule has 0 bridgehead atoms. The van der Waals surface area contributed by atoms with Crippen LogP contribution >= 0.6 is 0 Å². The van der Waals surface area contributed by atoms with Gasteiger partial charge in [-0.1, -0.05) is 0 Å². The number of hydrogen-bond acceptors (Lipinski definition) is 8. The smallest absolute Gasteiger partial charge is 0.276 e. The Hall–Kier alpha value is -3.24. The number of imidazole rings is 1. The molecule has 2 aliphatic rings. The molecular weight excluding hydrogens is 412 g/mol. The molecule has 10 heteroatoms. The Morgan fingerprint density at radius 1 is 1.19 bits per heavy atom. The Balaban J connectivity index is 1.42. The van der Waals surface area contributed by atoms with Crippen LogP contribution in [-0.4, -0.2) is 63.0 Å². The molecule has 0 spiro atoms. The number of pyridine rings is 2. The van der Waals surface area contributed by atoms with E-state index in [1.54, 1.807) is 11.5 Å². The van der Waals surface area contributed by atoms with Crippen molar-refractivity contribution in [1.29, 1.82) is 0 Å². The van der Waals surface area contributed by atoms with E-state index >= 15 is 0 Å². The van der Waals surface area contributed by atoms with Crippen molar-refractivity contribution in [3.8, 4) is 5.88 Å². The fourth-order valence-electron chi connectivity index (χ4n) is 4.42. The quantitative estimate of drug-likeness (QED) is 0.461. The zero-order valence-electron chi connectivity index (χ0n) is 17.7. The van der Waals surface area contributed by atoms with E-state index in [-0.39, 0.29) is 11.7 Å². The number of hydrogen-bond donors (Lipinski definition) is 2. The number of nitrogens with one attached hydrogen (secondary N) is 1. The second-order valence-corrected chi connectivity index (χ2v) is 8.17. The summed E-state index contributed by atoms with van der Waals surface area (Å²) in [5.41, 5.74) is 2.60. The maximum Gasteiger partial charge on any atom is 0.276 e. The molecule has 1 aliphatic carbocycles. The van der Waals surface area contributed by atoms with Gasteiger partial charge in [0.15, 0.2) is 0 Å². The Morgan fingerprint density at radius 3 is 2.72 bits per heavy atom. The van der Waals surface area contributed by atoms with Gasteiger partial charge in [-0.25, -0.2) is 10.5 Å². The van der Waals surface area contributed by atoms with Crippen LogP contribution in [0.4, 0.5) is 5.82 Å². The molecule has 3 aromatic heterocycles. The topological polar surface area (TPSA) is 115 Å². The molecule has 5 rings (SSSR count). The van der Waals surface area contributed by atoms with Crippen LogP contribution in [0.5, 0.6) is 5.88 Å². The summed E-state index contributed by atoms with van der Waals surface area (Å²) in [6.45, 7) is 2.80. The number of amides is 1. The lowest BCUT2D eigenvalue weighted by Gasteiger charge is -2.31. The predicted molar refractivity (Wildman–Crippen MR) is 116 cm³/mol. The number of rotatable bonds is 5. The van der Waals surface area contributed by atoms with Gasteiger partial charge in [-0.15, -0.1) is 0 Å². The molecule has 1 saturated carbocycles. The van der Waals surface area contributed by atoms with Crippen molar-refractivity contribution in [3.63, 3.8) is 0 Å². The van der Waals surface area contributed by atoms with Crippen molar-refractivity contribution in [2.45, 2.75) is 37.8 Å². The summed E-state index contributed by atoms with van der Waals surface area (Å²) >= 11 is 0. The number of fused-ring (bicyclic) bond motifs is 1. The minimum atomic E-state index is -0.622. The molecule has 0 radical (unpaired) electrons. The van der Waals surface area contributed by atoms with E-state index < -0.39 is 5.91 Å². The third-order valence-corrected chi connectivity index (χ3v) is 6.20. The van der Waals surface area contributed by atoms with Gasteiger partial charge in [-0.05, 0) is 31.7 Å². The normalized spacial score (nSPS) is 21.5. The van der Waals surface area contributed by atoms with Crippen LogP contribution in [0.2, 0.25) is 0 Å². The second kappa shape index (κ2) is 9.09. The first kappa shape index (κ1) is 20.7. The summed E-state index contributed by atoms with van der Waals surface area (Å²) in [4.78, 5) is 27.5. The molecule has 168 valence electrons. The molecular formula is C22H26N6O4. The molecule has 1 amide bonds. The van der Waals surface area contributed by atoms with Crippen molar-refractivity contribution in [3.05, 3.63) is 42.6 Å². The average molecular weight is 438 g/mol. The van der Waals surface area contributed by atoms with Gasteiger partial charge in [0.05, 0.1) is 36.0 Å². The maximum absolute atomic E-state index is 11.9. The van der Waals surface area contributed by atoms with Gasteiger partial charge < -0.3 is 18.9 Å². The number of nitrogens with zero attached hydrogens (tertiary/aromatic N) is 5. The Labute approximate surface area is 185 Å². The second-order valence-electron chi connectivity index (χ2n) is 8.17. The van der Waals surface area contributed by atoms with E-state index in [1.165, 1.54) is 6.20 Å². The molecule has 32 heavy (non-hydrogen) atoms. The molecule has 2 N–H and O–H groups in total. The minimum Gasteiger partial charge on any atom is -0.474 e. The SMILES string of the molecule is O=C(NO)c1cnc2cc(N3CCOCC3)nc(OC3CCC(n4ccnc4)CC3)c2c1. The fourth-order valence-corrected chi connectivity index (χ4v) is 4.42. The van der Waals surface area contributed by atoms with E-state index in [9.17, 15) is 4.79 Å². The van der Waals surface area contributed by atoms with Crippen molar-refractivity contribution in [2.24, 2.45) is 0 Å². The number of hydroxylamine groups is 1. The van der Waals surface area contributed by atoms with E-state index in [2.05, 4.69) is 19.4 Å². The first-order chi connectivity index (χ1) is 15.7. The van der Waals surface area contributed by atoms with Crippen LogP contribution in [0.1, 0.15) is 42.1 Å². The van der Waals surface area contributed by atoms with Crippen LogP contribution in [-0.2, 0) is 4.74 Å². The zero-order valence-corrected chi connectivity index (χ0v) is 17.7. The number of ether oxygens (including phenoxy) is 2. The van der Waals surface area contributed by atoms with Crippen molar-refractivity contribution >= 4 is 22.6 Å². The number of aromatic nitrogens is 4. The van der Waals surface area contributed by atoms with Crippen LogP contribution in [0.25, 0.3) is 10.9 Å². The molecule has 1 saturated heterocycles. The number of anilines is 1. The standard InChI is InChI=1S/C22H26N6O4/c29-21(26-30)15-11-18-19(24-13-15)12-20(27-7-9-31-10-8-27)25-22(18)32-17-3-1-16(2-4-17)28-6-5-23-14-28/h5-6,11-14,16-17,30H,1-4,7-10H2,(H,26,29). The number of carbonyl (C=O) groups excluding carboxylic acids is 1. The fraction of sp³-hybridized carbons (Fsp3) is 0.455. The molecule has 3 aromatic rings. The van der Waals surface area contributed by atoms with Crippen molar-refractivity contribution in [2.75, 3.05) is 31.2 Å². The highest BCUT2D eigenvalue weighted by Crippen LogP contribution is 2.34. The highest BCUT2D eigenvalue weighted by atomic mass is 16.5. The molecule has 0 aromatic carbocycles. The first-order valence-electron chi connectivity index (χ1n) is 10.9. The summed E-state index contributed by atoms with van der Waals surface area (Å²) in [5.74, 6) is 0.633. The van der Waals surface area contributed by atoms with Crippen LogP contribution in [0.15, 0.2) is 37.1 Å². The van der Waals surface area contributed by atoms with Crippen molar-refractivity contribution < 1.29 is 19.5 Å². The third kappa shape index (κ3) is 4.23. The number of morpholine rings is 1. The van der Waals surface area contributed by atoms with Crippen LogP contribution in [0.3, 0.4) is 0 Å². The summed E-state index contributed by atoms with van der Waals surface area (Å²) in [5, 5.41) is 9.66. The molecule has 10 nitrogen and oxygen atoms in total. The van der Waals surface area contributed by atoms with Crippen molar-refractivity contribution in [1.82, 2.24) is 25.0 Å². The Morgan fingerprint density at radius 2 is 2.00 bits per heavy atom. The summed E-state index contributed by atoms with van der Waals surface area (Å²) < 4.78 is 14.0. The summed E-state index contributed by atoms with van der Waals surface area (Å²) in [6, 6.07) is 4.00. The summed E-state index contributed by atoms with van der Waals surface area (Å²) in [7, 11) is 0. The third-order valence-electron chi connectivity index (χ3n) is 6.20. The van der Waals surface area contributed by atoms with Gasteiger partial charge >= 0.3 is 0 Å². The van der Waals surface area contributed by atoms with E-state index in [1.807, 2.05) is 24.8 Å². The largest absolute Gasteiger partial charge is 0.474 e. The Kier molecular flexibility index (Phi) is 5.87. The average Bonchev–Trinajstić information content (AvgIpc) is 3.39. The lowest BCUT2D eigenvalue weighted by molar-refractivity contribution is 0.0706. The van der Waals surface area contributed by atoms with E-state index in [0.29, 0.717) is 36.0 Å². The van der Waals surface area contributed by atoms with Gasteiger partial charge in [0.1, 0.15) is 11.9 Å². The minimum absolute atomic E-state index is 0.0285. The van der Waals surface area contributed by atoms with E-state index in [0.717, 1.165) is 44.6 Å². The number of carbonyl (C=O) groups is 1. The van der Waals surface area contributed by atoms with E-state index in [4.69, 9.17) is 19.7 Å². The molecule has 2 fully saturated rings. The molecule has 1 aliphatic heterocycles. The Bertz CT molecular complexity index is 1080. The molecule has 0 unspecified atom stereocenters. The van der Waals surface area contributed by atoms with Gasteiger partial charge in [0, 0.05) is 43.8 Å². The van der Waals surface area contributed by atoms with Gasteiger partial charge in [-0.3, -0.25) is 15.0 Å². The highest BCUT2D eigenvalue weighted by molar-refractivity contribution is 5.98. The lowest BCUT2D eigenvalue weighted by atomic mass is 9.93. The maximum atomic E-state index is 11.9. The van der Waals surface area contributed by atoms with Gasteiger partial charge in [-0.2, -0.15) is 4.98 Å². The first-order valence-corrected chi connectivity index (χ1v) is 10.9. The zero-order chi connectivity index (χ0) is 21.9. The summed E-state index contributed by atoms with van der Waals surface area (Å²) in [6.07, 6.45) is 11.0.